The maximum atomic E-state index is 14.0. The van der Waals surface area contributed by atoms with Crippen molar-refractivity contribution >= 4 is 0 Å². The van der Waals surface area contributed by atoms with Crippen molar-refractivity contribution in [2.75, 3.05) is 0 Å². The normalized spacial score (nSPS) is 11.1. The summed E-state index contributed by atoms with van der Waals surface area (Å²) >= 11 is 0. The van der Waals surface area contributed by atoms with Crippen molar-refractivity contribution in [3.8, 4) is 11.1 Å². The molecule has 0 heterocycles. The third kappa shape index (κ3) is 2.53. The van der Waals surface area contributed by atoms with E-state index in [1.54, 1.807) is 32.0 Å². The lowest BCUT2D eigenvalue weighted by molar-refractivity contribution is 0.599. The first kappa shape index (κ1) is 13.7. The molecule has 0 saturated carbocycles. The highest BCUT2D eigenvalue weighted by Crippen LogP contribution is 2.32. The van der Waals surface area contributed by atoms with E-state index in [2.05, 4.69) is 6.07 Å². The van der Waals surface area contributed by atoms with Crippen molar-refractivity contribution in [2.24, 2.45) is 0 Å². The Balaban J connectivity index is 2.69. The Morgan fingerprint density at radius 2 is 1.63 bits per heavy atom. The van der Waals surface area contributed by atoms with Gasteiger partial charge in [-0.1, -0.05) is 19.9 Å². The molecule has 0 N–H and O–H groups in total. The monoisotopic (exact) mass is 259 g/mol. The summed E-state index contributed by atoms with van der Waals surface area (Å²) in [5.41, 5.74) is 3.32. The van der Waals surface area contributed by atoms with E-state index in [1.165, 1.54) is 6.07 Å². The van der Waals surface area contributed by atoms with E-state index in [0.717, 1.165) is 11.1 Å². The molecule has 1 radical (unpaired) electrons. The molecule has 2 heteroatoms. The van der Waals surface area contributed by atoms with Gasteiger partial charge in [-0.05, 0) is 71.8 Å². The molecule has 0 spiro atoms. The lowest BCUT2D eigenvalue weighted by Crippen LogP contribution is -1.98. The summed E-state index contributed by atoms with van der Waals surface area (Å²) in [5, 5.41) is 0. The van der Waals surface area contributed by atoms with E-state index in [-0.39, 0.29) is 17.6 Å². The first-order valence-corrected chi connectivity index (χ1v) is 6.39. The minimum Gasteiger partial charge on any atom is -0.207 e. The third-order valence-corrected chi connectivity index (χ3v) is 3.29. The summed E-state index contributed by atoms with van der Waals surface area (Å²) < 4.78 is 27.7. The zero-order valence-electron chi connectivity index (χ0n) is 11.6. The fraction of sp³-hybridized carbons (Fsp3) is 0.294. The first-order chi connectivity index (χ1) is 8.91. The predicted octanol–water partition coefficient (Wildman–Crippen LogP) is 5.17. The molecule has 0 bridgehead atoms. The second-order valence-electron chi connectivity index (χ2n) is 5.19. The summed E-state index contributed by atoms with van der Waals surface area (Å²) in [7, 11) is 0. The summed E-state index contributed by atoms with van der Waals surface area (Å²) in [6.07, 6.45) is 0. The average molecular weight is 259 g/mol. The van der Waals surface area contributed by atoms with Gasteiger partial charge in [0.1, 0.15) is 11.6 Å². The second-order valence-corrected chi connectivity index (χ2v) is 5.19. The van der Waals surface area contributed by atoms with Crippen molar-refractivity contribution in [1.29, 1.82) is 0 Å². The van der Waals surface area contributed by atoms with Crippen LogP contribution in [0.4, 0.5) is 8.78 Å². The van der Waals surface area contributed by atoms with Gasteiger partial charge in [-0.15, -0.1) is 0 Å². The SMILES string of the molecule is Cc1cc(-c2[c]ccc(F)c2C(C)C)cc(C)c1F. The minimum atomic E-state index is -0.233. The van der Waals surface area contributed by atoms with Gasteiger partial charge in [0, 0.05) is 0 Å². The number of halogens is 2. The van der Waals surface area contributed by atoms with Gasteiger partial charge in [0.15, 0.2) is 0 Å². The van der Waals surface area contributed by atoms with E-state index in [4.69, 9.17) is 0 Å². The van der Waals surface area contributed by atoms with E-state index < -0.39 is 0 Å². The molecule has 0 unspecified atom stereocenters. The predicted molar refractivity (Wildman–Crippen MR) is 74.2 cm³/mol. The van der Waals surface area contributed by atoms with Crippen LogP contribution in [0.15, 0.2) is 24.3 Å². The summed E-state index contributed by atoms with van der Waals surface area (Å²) in [6.45, 7) is 7.33. The molecule has 19 heavy (non-hydrogen) atoms. The van der Waals surface area contributed by atoms with Gasteiger partial charge in [-0.25, -0.2) is 8.78 Å². The maximum absolute atomic E-state index is 14.0. The average Bonchev–Trinajstić information content (AvgIpc) is 2.34. The quantitative estimate of drug-likeness (QED) is 0.697. The summed E-state index contributed by atoms with van der Waals surface area (Å²) in [5.74, 6) is -0.382. The van der Waals surface area contributed by atoms with Crippen LogP contribution in [-0.2, 0) is 0 Å². The van der Waals surface area contributed by atoms with Crippen LogP contribution in [0.2, 0.25) is 0 Å². The molecule has 2 aromatic rings. The van der Waals surface area contributed by atoms with Gasteiger partial charge in [0.2, 0.25) is 0 Å². The van der Waals surface area contributed by atoms with Crippen LogP contribution in [0.1, 0.15) is 36.5 Å². The fourth-order valence-corrected chi connectivity index (χ4v) is 2.38. The smallest absolute Gasteiger partial charge is 0.129 e. The molecule has 0 aliphatic carbocycles. The molecule has 0 saturated heterocycles. The van der Waals surface area contributed by atoms with Crippen molar-refractivity contribution in [3.63, 3.8) is 0 Å². The number of hydrogen-bond acceptors (Lipinski definition) is 0. The van der Waals surface area contributed by atoms with Crippen LogP contribution in [-0.4, -0.2) is 0 Å². The van der Waals surface area contributed by atoms with Gasteiger partial charge >= 0.3 is 0 Å². The van der Waals surface area contributed by atoms with Crippen LogP contribution >= 0.6 is 0 Å². The number of rotatable bonds is 2. The summed E-state index contributed by atoms with van der Waals surface area (Å²) in [6, 6.07) is 9.58. The maximum Gasteiger partial charge on any atom is 0.129 e. The van der Waals surface area contributed by atoms with Crippen molar-refractivity contribution in [1.82, 2.24) is 0 Å². The molecule has 0 aliphatic rings. The highest BCUT2D eigenvalue weighted by atomic mass is 19.1. The van der Waals surface area contributed by atoms with Gasteiger partial charge in [-0.3, -0.25) is 0 Å². The lowest BCUT2D eigenvalue weighted by atomic mass is 9.90. The number of benzene rings is 2. The molecule has 0 nitrogen and oxygen atoms in total. The molecule has 99 valence electrons. The van der Waals surface area contributed by atoms with Gasteiger partial charge in [0.05, 0.1) is 0 Å². The van der Waals surface area contributed by atoms with Crippen molar-refractivity contribution in [2.45, 2.75) is 33.6 Å². The molecule has 0 amide bonds. The zero-order chi connectivity index (χ0) is 14.2. The Hall–Kier alpha value is -1.70. The topological polar surface area (TPSA) is 0 Å². The molecular formula is C17H17F2. The Morgan fingerprint density at radius 3 is 2.16 bits per heavy atom. The Labute approximate surface area is 113 Å². The largest absolute Gasteiger partial charge is 0.207 e. The minimum absolute atomic E-state index is 0.0538. The highest BCUT2D eigenvalue weighted by Gasteiger charge is 2.15. The van der Waals surface area contributed by atoms with Crippen LogP contribution in [0.3, 0.4) is 0 Å². The van der Waals surface area contributed by atoms with Gasteiger partial charge in [-0.2, -0.15) is 0 Å². The molecular weight excluding hydrogens is 242 g/mol. The highest BCUT2D eigenvalue weighted by molar-refractivity contribution is 5.69. The third-order valence-electron chi connectivity index (χ3n) is 3.29. The molecule has 0 fully saturated rings. The molecule has 0 atom stereocenters. The Bertz CT molecular complexity index is 590. The van der Waals surface area contributed by atoms with Gasteiger partial charge in [0.25, 0.3) is 0 Å². The second kappa shape index (κ2) is 5.12. The Kier molecular flexibility index (Phi) is 3.70. The van der Waals surface area contributed by atoms with E-state index >= 15 is 0 Å². The standard InChI is InChI=1S/C17H17F2/c1-10(2)16-14(6-5-7-15(16)18)13-8-11(3)17(19)12(4)9-13/h5,7-10H,1-4H3. The van der Waals surface area contributed by atoms with Crippen LogP contribution in [0.25, 0.3) is 11.1 Å². The molecule has 0 aromatic heterocycles. The lowest BCUT2D eigenvalue weighted by Gasteiger charge is -2.15. The van der Waals surface area contributed by atoms with E-state index in [0.29, 0.717) is 16.7 Å². The van der Waals surface area contributed by atoms with Crippen LogP contribution < -0.4 is 0 Å². The molecule has 2 aromatic carbocycles. The van der Waals surface area contributed by atoms with Crippen molar-refractivity contribution < 1.29 is 8.78 Å². The van der Waals surface area contributed by atoms with E-state index in [9.17, 15) is 8.78 Å². The zero-order valence-corrected chi connectivity index (χ0v) is 11.6. The fourth-order valence-electron chi connectivity index (χ4n) is 2.38. The molecule has 2 rings (SSSR count). The first-order valence-electron chi connectivity index (χ1n) is 6.39. The number of hydrogen-bond donors (Lipinski definition) is 0. The number of aryl methyl sites for hydroxylation is 2. The Morgan fingerprint density at radius 1 is 1.05 bits per heavy atom. The molecule has 0 aliphatic heterocycles. The van der Waals surface area contributed by atoms with Crippen LogP contribution in [0.5, 0.6) is 0 Å². The van der Waals surface area contributed by atoms with E-state index in [1.807, 2.05) is 13.8 Å². The van der Waals surface area contributed by atoms with Crippen LogP contribution in [0, 0.1) is 31.5 Å². The van der Waals surface area contributed by atoms with Gasteiger partial charge < -0.3 is 0 Å². The van der Waals surface area contributed by atoms with Crippen molar-refractivity contribution in [3.05, 3.63) is 58.7 Å². The summed E-state index contributed by atoms with van der Waals surface area (Å²) in [4.78, 5) is 0.